The van der Waals surface area contributed by atoms with Crippen molar-refractivity contribution in [2.75, 3.05) is 6.61 Å². The second-order valence-corrected chi connectivity index (χ2v) is 5.39. The molecule has 0 aromatic heterocycles. The van der Waals surface area contributed by atoms with Gasteiger partial charge in [0, 0.05) is 6.04 Å². The van der Waals surface area contributed by atoms with Gasteiger partial charge >= 0.3 is 0 Å². The molecule has 0 heterocycles. The van der Waals surface area contributed by atoms with E-state index in [1.54, 1.807) is 25.1 Å². The molecule has 0 spiro atoms. The highest BCUT2D eigenvalue weighted by Gasteiger charge is 2.17. The molecule has 90 valence electrons. The zero-order chi connectivity index (χ0) is 12.2. The van der Waals surface area contributed by atoms with Crippen LogP contribution in [0, 0.1) is 6.92 Å². The number of nitrogens with two attached hydrogens (primary N) is 1. The Morgan fingerprint density at radius 3 is 2.75 bits per heavy atom. The minimum absolute atomic E-state index is 0.130. The van der Waals surface area contributed by atoms with Gasteiger partial charge in [-0.25, -0.2) is 19.0 Å². The predicted octanol–water partition coefficient (Wildman–Crippen LogP) is 0.552. The van der Waals surface area contributed by atoms with Crippen LogP contribution in [-0.4, -0.2) is 21.1 Å². The zero-order valence-electron chi connectivity index (χ0n) is 9.30. The van der Waals surface area contributed by atoms with Crippen molar-refractivity contribution in [2.24, 2.45) is 5.90 Å². The molecule has 0 fully saturated rings. The van der Waals surface area contributed by atoms with E-state index in [4.69, 9.17) is 5.90 Å². The molecule has 0 saturated carbocycles. The van der Waals surface area contributed by atoms with Crippen molar-refractivity contribution in [3.63, 3.8) is 0 Å². The summed E-state index contributed by atoms with van der Waals surface area (Å²) in [5.74, 6) is 4.88. The van der Waals surface area contributed by atoms with Crippen LogP contribution in [0.2, 0.25) is 0 Å². The molecule has 1 unspecified atom stereocenters. The Morgan fingerprint density at radius 1 is 1.50 bits per heavy atom. The Hall–Kier alpha value is -0.950. The summed E-state index contributed by atoms with van der Waals surface area (Å²) >= 11 is 0. The third-order valence-corrected chi connectivity index (χ3v) is 3.59. The molecular formula is C10H16N2O3S. The molecule has 1 atom stereocenters. The lowest BCUT2D eigenvalue weighted by Gasteiger charge is -2.13. The number of nitrogens with one attached hydrogen (secondary N) is 1. The lowest BCUT2D eigenvalue weighted by Crippen LogP contribution is -2.36. The Labute approximate surface area is 95.6 Å². The molecule has 6 heteroatoms. The maximum Gasteiger partial charge on any atom is 0.240 e. The smallest absolute Gasteiger partial charge is 0.240 e. The van der Waals surface area contributed by atoms with Crippen molar-refractivity contribution in [1.82, 2.24) is 4.72 Å². The van der Waals surface area contributed by atoms with Crippen molar-refractivity contribution in [3.8, 4) is 0 Å². The number of aryl methyl sites for hydroxylation is 1. The summed E-state index contributed by atoms with van der Waals surface area (Å²) in [5.41, 5.74) is 0.894. The van der Waals surface area contributed by atoms with Gasteiger partial charge < -0.3 is 4.84 Å². The van der Waals surface area contributed by atoms with E-state index in [2.05, 4.69) is 9.56 Å². The molecule has 0 amide bonds. The number of rotatable bonds is 5. The second kappa shape index (κ2) is 5.40. The Morgan fingerprint density at radius 2 is 2.19 bits per heavy atom. The van der Waals surface area contributed by atoms with Gasteiger partial charge in [0.25, 0.3) is 0 Å². The second-order valence-electron chi connectivity index (χ2n) is 3.67. The molecule has 0 aliphatic heterocycles. The fourth-order valence-corrected chi connectivity index (χ4v) is 2.63. The minimum Gasteiger partial charge on any atom is -0.303 e. The molecule has 1 aromatic rings. The minimum atomic E-state index is -3.49. The van der Waals surface area contributed by atoms with E-state index in [1.807, 2.05) is 13.0 Å². The van der Waals surface area contributed by atoms with Gasteiger partial charge in [-0.1, -0.05) is 12.1 Å². The largest absolute Gasteiger partial charge is 0.303 e. The molecule has 1 aromatic carbocycles. The summed E-state index contributed by atoms with van der Waals surface area (Å²) in [6.45, 7) is 3.65. The van der Waals surface area contributed by atoms with Crippen molar-refractivity contribution in [1.29, 1.82) is 0 Å². The van der Waals surface area contributed by atoms with Gasteiger partial charge in [0.05, 0.1) is 11.5 Å². The maximum absolute atomic E-state index is 11.9. The van der Waals surface area contributed by atoms with Crippen LogP contribution in [0.4, 0.5) is 0 Å². The molecule has 3 N–H and O–H groups in total. The van der Waals surface area contributed by atoms with Crippen molar-refractivity contribution in [2.45, 2.75) is 24.8 Å². The highest BCUT2D eigenvalue weighted by Crippen LogP contribution is 2.11. The molecule has 0 aliphatic rings. The lowest BCUT2D eigenvalue weighted by atomic mass is 10.2. The quantitative estimate of drug-likeness (QED) is 0.741. The van der Waals surface area contributed by atoms with Gasteiger partial charge in [-0.15, -0.1) is 0 Å². The van der Waals surface area contributed by atoms with Gasteiger partial charge in [-0.2, -0.15) is 0 Å². The van der Waals surface area contributed by atoms with Crippen LogP contribution in [0.15, 0.2) is 29.2 Å². The SMILES string of the molecule is Cc1cccc(S(=O)(=O)NC(C)CON)c1. The standard InChI is InChI=1S/C10H16N2O3S/c1-8-4-3-5-10(6-8)16(13,14)12-9(2)7-15-11/h3-6,9,12H,7,11H2,1-2H3. The van der Waals surface area contributed by atoms with Gasteiger partial charge in [0.1, 0.15) is 0 Å². The van der Waals surface area contributed by atoms with Crippen molar-refractivity contribution in [3.05, 3.63) is 29.8 Å². The Kier molecular flexibility index (Phi) is 4.43. The van der Waals surface area contributed by atoms with Crippen LogP contribution in [0.5, 0.6) is 0 Å². The number of benzene rings is 1. The summed E-state index contributed by atoms with van der Waals surface area (Å²) in [6.07, 6.45) is 0. The molecule has 5 nitrogen and oxygen atoms in total. The summed E-state index contributed by atoms with van der Waals surface area (Å²) < 4.78 is 26.2. The van der Waals surface area contributed by atoms with E-state index in [0.717, 1.165) is 5.56 Å². The summed E-state index contributed by atoms with van der Waals surface area (Å²) in [6, 6.07) is 6.33. The van der Waals surface area contributed by atoms with E-state index >= 15 is 0 Å². The predicted molar refractivity (Wildman–Crippen MR) is 61.1 cm³/mol. The van der Waals surface area contributed by atoms with Crippen LogP contribution >= 0.6 is 0 Å². The first kappa shape index (κ1) is 13.1. The van der Waals surface area contributed by atoms with Crippen LogP contribution in [0.3, 0.4) is 0 Å². The lowest BCUT2D eigenvalue weighted by molar-refractivity contribution is 0.124. The Balaban J connectivity index is 2.86. The molecule has 16 heavy (non-hydrogen) atoms. The van der Waals surface area contributed by atoms with Crippen molar-refractivity contribution < 1.29 is 13.3 Å². The normalized spacial score (nSPS) is 13.7. The molecule has 1 rings (SSSR count). The molecule has 0 bridgehead atoms. The summed E-state index contributed by atoms with van der Waals surface area (Å²) in [4.78, 5) is 4.63. The van der Waals surface area contributed by atoms with Gasteiger partial charge in [-0.3, -0.25) is 0 Å². The van der Waals surface area contributed by atoms with Crippen LogP contribution in [0.25, 0.3) is 0 Å². The number of hydrogen-bond donors (Lipinski definition) is 2. The first-order valence-electron chi connectivity index (χ1n) is 4.86. The van der Waals surface area contributed by atoms with Gasteiger partial charge in [-0.05, 0) is 31.5 Å². The van der Waals surface area contributed by atoms with E-state index in [9.17, 15) is 8.42 Å². The third kappa shape index (κ3) is 3.57. The molecule has 0 radical (unpaired) electrons. The monoisotopic (exact) mass is 244 g/mol. The highest BCUT2D eigenvalue weighted by molar-refractivity contribution is 7.89. The van der Waals surface area contributed by atoms with Crippen molar-refractivity contribution >= 4 is 10.0 Å². The summed E-state index contributed by atoms with van der Waals surface area (Å²) in [5, 5.41) is 0. The topological polar surface area (TPSA) is 81.4 Å². The van der Waals surface area contributed by atoms with E-state index in [0.29, 0.717) is 0 Å². The first-order chi connectivity index (χ1) is 7.45. The van der Waals surface area contributed by atoms with Crippen LogP contribution < -0.4 is 10.6 Å². The zero-order valence-corrected chi connectivity index (χ0v) is 10.1. The maximum atomic E-state index is 11.9. The number of sulfonamides is 1. The Bertz CT molecular complexity index is 445. The van der Waals surface area contributed by atoms with Crippen LogP contribution in [0.1, 0.15) is 12.5 Å². The summed E-state index contributed by atoms with van der Waals surface area (Å²) in [7, 11) is -3.49. The third-order valence-electron chi connectivity index (χ3n) is 2.00. The fraction of sp³-hybridized carbons (Fsp3) is 0.400. The van der Waals surface area contributed by atoms with E-state index in [1.165, 1.54) is 0 Å². The average Bonchev–Trinajstić information content (AvgIpc) is 2.17. The molecule has 0 saturated heterocycles. The van der Waals surface area contributed by atoms with Gasteiger partial charge in [0.15, 0.2) is 0 Å². The van der Waals surface area contributed by atoms with Gasteiger partial charge in [0.2, 0.25) is 10.0 Å². The average molecular weight is 244 g/mol. The van der Waals surface area contributed by atoms with Crippen LogP contribution in [-0.2, 0) is 14.9 Å². The van der Waals surface area contributed by atoms with E-state index in [-0.39, 0.29) is 17.5 Å². The molecular weight excluding hydrogens is 228 g/mol. The first-order valence-corrected chi connectivity index (χ1v) is 6.34. The molecule has 0 aliphatic carbocycles. The highest BCUT2D eigenvalue weighted by atomic mass is 32.2. The number of hydrogen-bond acceptors (Lipinski definition) is 4. The fourth-order valence-electron chi connectivity index (χ4n) is 1.29. The van der Waals surface area contributed by atoms with E-state index < -0.39 is 10.0 Å².